The molecule has 2 amide bonds. The first-order chi connectivity index (χ1) is 16.9. The minimum absolute atomic E-state index is 0.0709. The largest absolute Gasteiger partial charge is 0.478 e. The monoisotopic (exact) mass is 495 g/mol. The first-order valence-corrected chi connectivity index (χ1v) is 11.7. The van der Waals surface area contributed by atoms with Crippen molar-refractivity contribution in [2.45, 2.75) is 45.7 Å². The summed E-state index contributed by atoms with van der Waals surface area (Å²) in [4.78, 5) is 39.7. The normalized spacial score (nSPS) is 16.3. The van der Waals surface area contributed by atoms with Crippen LogP contribution >= 0.6 is 0 Å². The first kappa shape index (κ1) is 26.7. The van der Waals surface area contributed by atoms with Crippen LogP contribution in [-0.4, -0.2) is 59.1 Å². The topological polar surface area (TPSA) is 169 Å². The van der Waals surface area contributed by atoms with Crippen LogP contribution in [0, 0.1) is 10.8 Å². The number of nitrogens with zero attached hydrogens (tertiary/aromatic N) is 1. The van der Waals surface area contributed by atoms with Gasteiger partial charge in [0.05, 0.1) is 23.9 Å². The second kappa shape index (κ2) is 10.8. The Morgan fingerprint density at radius 2 is 1.78 bits per heavy atom. The molecule has 2 atom stereocenters. The maximum Gasteiger partial charge on any atom is 0.337 e. The van der Waals surface area contributed by atoms with Crippen LogP contribution in [0.5, 0.6) is 0 Å². The zero-order valence-corrected chi connectivity index (χ0v) is 20.7. The highest BCUT2D eigenvalue weighted by molar-refractivity contribution is 6.03. The quantitative estimate of drug-likeness (QED) is 0.241. The van der Waals surface area contributed by atoms with Gasteiger partial charge in [0.2, 0.25) is 5.91 Å². The fourth-order valence-corrected chi connectivity index (χ4v) is 4.16. The van der Waals surface area contributed by atoms with Crippen LogP contribution in [0.1, 0.15) is 59.9 Å². The third kappa shape index (κ3) is 6.01. The Bertz CT molecular complexity index is 1160. The SMILES string of the molecule is CC(C)(C)[C@@H](CO)NC(=O)c1ccc(N2CCC[C@@H]2C(=O)Nc2ccc(C(=N)N)cc2)c(C(=O)O)c1. The number of hydrogen-bond donors (Lipinski definition) is 6. The van der Waals surface area contributed by atoms with Gasteiger partial charge in [0.25, 0.3) is 5.91 Å². The van der Waals surface area contributed by atoms with Gasteiger partial charge >= 0.3 is 5.97 Å². The average Bonchev–Trinajstić information content (AvgIpc) is 3.31. The number of nitrogens with two attached hydrogens (primary N) is 1. The number of amides is 2. The number of benzene rings is 2. The summed E-state index contributed by atoms with van der Waals surface area (Å²) in [5.41, 5.74) is 6.60. The molecular formula is C26H33N5O5. The highest BCUT2D eigenvalue weighted by atomic mass is 16.4. The minimum Gasteiger partial charge on any atom is -0.478 e. The summed E-state index contributed by atoms with van der Waals surface area (Å²) in [6, 6.07) is 9.87. The Labute approximate surface area is 210 Å². The number of hydrogen-bond acceptors (Lipinski definition) is 6. The van der Waals surface area contributed by atoms with Gasteiger partial charge in [-0.15, -0.1) is 0 Å². The number of aromatic carboxylic acids is 1. The molecule has 192 valence electrons. The van der Waals surface area contributed by atoms with E-state index in [9.17, 15) is 24.6 Å². The predicted molar refractivity (Wildman–Crippen MR) is 138 cm³/mol. The molecule has 0 spiro atoms. The lowest BCUT2D eigenvalue weighted by molar-refractivity contribution is -0.117. The number of carboxylic acid groups (broad SMARTS) is 1. The van der Waals surface area contributed by atoms with Gasteiger partial charge in [-0.3, -0.25) is 15.0 Å². The van der Waals surface area contributed by atoms with Gasteiger partial charge < -0.3 is 31.5 Å². The van der Waals surface area contributed by atoms with Crippen molar-refractivity contribution in [3.05, 3.63) is 59.2 Å². The maximum absolute atomic E-state index is 13.1. The van der Waals surface area contributed by atoms with Gasteiger partial charge in [-0.1, -0.05) is 20.8 Å². The van der Waals surface area contributed by atoms with Gasteiger partial charge in [-0.05, 0) is 60.7 Å². The van der Waals surface area contributed by atoms with Crippen molar-refractivity contribution in [2.75, 3.05) is 23.4 Å². The Balaban J connectivity index is 1.82. The van der Waals surface area contributed by atoms with E-state index in [2.05, 4.69) is 10.6 Å². The van der Waals surface area contributed by atoms with E-state index in [4.69, 9.17) is 11.1 Å². The highest BCUT2D eigenvalue weighted by Gasteiger charge is 2.34. The lowest BCUT2D eigenvalue weighted by atomic mass is 9.87. The van der Waals surface area contributed by atoms with Gasteiger partial charge in [-0.2, -0.15) is 0 Å². The Kier molecular flexibility index (Phi) is 7.99. The molecule has 2 aromatic rings. The summed E-state index contributed by atoms with van der Waals surface area (Å²) in [6.45, 7) is 5.90. The van der Waals surface area contributed by atoms with Crippen LogP contribution in [-0.2, 0) is 4.79 Å². The average molecular weight is 496 g/mol. The smallest absolute Gasteiger partial charge is 0.337 e. The Hall–Kier alpha value is -3.92. The Morgan fingerprint density at radius 3 is 2.33 bits per heavy atom. The third-order valence-electron chi connectivity index (χ3n) is 6.35. The van der Waals surface area contributed by atoms with Crippen LogP contribution in [0.4, 0.5) is 11.4 Å². The molecule has 36 heavy (non-hydrogen) atoms. The number of carbonyl (C=O) groups excluding carboxylic acids is 2. The van der Waals surface area contributed by atoms with Gasteiger partial charge in [-0.25, -0.2) is 4.79 Å². The molecule has 0 aromatic heterocycles. The number of carboxylic acids is 1. The lowest BCUT2D eigenvalue weighted by Gasteiger charge is -2.30. The van der Waals surface area contributed by atoms with Crippen molar-refractivity contribution in [2.24, 2.45) is 11.1 Å². The van der Waals surface area contributed by atoms with E-state index in [-0.39, 0.29) is 34.9 Å². The van der Waals surface area contributed by atoms with E-state index < -0.39 is 24.0 Å². The van der Waals surface area contributed by atoms with E-state index in [1.165, 1.54) is 12.1 Å². The minimum atomic E-state index is -1.21. The molecule has 1 aliphatic rings. The molecule has 0 saturated carbocycles. The molecule has 1 saturated heterocycles. The number of rotatable bonds is 8. The van der Waals surface area contributed by atoms with Crippen molar-refractivity contribution >= 4 is 35.0 Å². The molecule has 3 rings (SSSR count). The van der Waals surface area contributed by atoms with E-state index in [0.29, 0.717) is 36.3 Å². The standard InChI is InChI=1S/C26H33N5O5/c1-26(2,3)21(14-32)30-23(33)16-8-11-19(18(13-16)25(35)36)31-12-4-5-20(31)24(34)29-17-9-6-15(7-10-17)22(27)28/h6-11,13,20-21,32H,4-5,12,14H2,1-3H3,(H3,27,28)(H,29,34)(H,30,33)(H,35,36)/t20-,21-/m1/s1. The number of anilines is 2. The predicted octanol–water partition coefficient (Wildman–Crippen LogP) is 2.41. The summed E-state index contributed by atoms with van der Waals surface area (Å²) < 4.78 is 0. The number of aliphatic hydroxyl groups is 1. The molecule has 1 fully saturated rings. The molecule has 1 aliphatic heterocycles. The summed E-state index contributed by atoms with van der Waals surface area (Å²) >= 11 is 0. The summed E-state index contributed by atoms with van der Waals surface area (Å²) in [6.07, 6.45) is 1.24. The fraction of sp³-hybridized carbons (Fsp3) is 0.385. The molecule has 2 aromatic carbocycles. The van der Waals surface area contributed by atoms with Crippen molar-refractivity contribution < 1.29 is 24.6 Å². The second-order valence-corrected chi connectivity index (χ2v) is 9.94. The number of nitrogen functional groups attached to an aromatic ring is 1. The van der Waals surface area contributed by atoms with Crippen molar-refractivity contribution in [1.82, 2.24) is 5.32 Å². The Morgan fingerprint density at radius 1 is 1.14 bits per heavy atom. The first-order valence-electron chi connectivity index (χ1n) is 11.7. The molecule has 10 heteroatoms. The third-order valence-corrected chi connectivity index (χ3v) is 6.35. The van der Waals surface area contributed by atoms with Crippen LogP contribution in [0.25, 0.3) is 0 Å². The lowest BCUT2D eigenvalue weighted by Crippen LogP contribution is -2.46. The molecule has 7 N–H and O–H groups in total. The fourth-order valence-electron chi connectivity index (χ4n) is 4.16. The maximum atomic E-state index is 13.1. The van der Waals surface area contributed by atoms with Crippen LogP contribution in [0.15, 0.2) is 42.5 Å². The van der Waals surface area contributed by atoms with Crippen molar-refractivity contribution in [3.63, 3.8) is 0 Å². The van der Waals surface area contributed by atoms with E-state index >= 15 is 0 Å². The number of carbonyl (C=O) groups is 3. The summed E-state index contributed by atoms with van der Waals surface area (Å²) in [5.74, 6) is -2.04. The molecular weight excluding hydrogens is 462 g/mol. The van der Waals surface area contributed by atoms with Crippen molar-refractivity contribution in [3.8, 4) is 0 Å². The molecule has 0 bridgehead atoms. The molecule has 0 aliphatic carbocycles. The van der Waals surface area contributed by atoms with Crippen molar-refractivity contribution in [1.29, 1.82) is 5.41 Å². The van der Waals surface area contributed by atoms with E-state index in [0.717, 1.165) is 0 Å². The molecule has 10 nitrogen and oxygen atoms in total. The molecule has 0 radical (unpaired) electrons. The van der Waals surface area contributed by atoms with Crippen LogP contribution in [0.3, 0.4) is 0 Å². The zero-order chi connectivity index (χ0) is 26.6. The highest BCUT2D eigenvalue weighted by Crippen LogP contribution is 2.31. The molecule has 1 heterocycles. The van der Waals surface area contributed by atoms with E-state index in [1.807, 2.05) is 20.8 Å². The number of nitrogens with one attached hydrogen (secondary N) is 3. The van der Waals surface area contributed by atoms with Crippen LogP contribution in [0.2, 0.25) is 0 Å². The van der Waals surface area contributed by atoms with Gasteiger partial charge in [0, 0.05) is 23.4 Å². The van der Waals surface area contributed by atoms with Gasteiger partial charge in [0.15, 0.2) is 0 Å². The summed E-state index contributed by atoms with van der Waals surface area (Å²) in [7, 11) is 0. The van der Waals surface area contributed by atoms with Crippen LogP contribution < -0.4 is 21.3 Å². The summed E-state index contributed by atoms with van der Waals surface area (Å²) in [5, 5.41) is 32.6. The van der Waals surface area contributed by atoms with Gasteiger partial charge in [0.1, 0.15) is 11.9 Å². The van der Waals surface area contributed by atoms with E-state index in [1.54, 1.807) is 35.2 Å². The second-order valence-electron chi connectivity index (χ2n) is 9.94. The number of amidine groups is 1. The number of aliphatic hydroxyl groups excluding tert-OH is 1. The zero-order valence-electron chi connectivity index (χ0n) is 20.7. The molecule has 0 unspecified atom stereocenters.